The summed E-state index contributed by atoms with van der Waals surface area (Å²) < 4.78 is 2.27. The second-order valence-corrected chi connectivity index (χ2v) is 11.9. The van der Waals surface area contributed by atoms with Crippen molar-refractivity contribution in [3.63, 3.8) is 0 Å². The second kappa shape index (κ2) is 11.7. The van der Waals surface area contributed by atoms with E-state index >= 15 is 0 Å². The summed E-state index contributed by atoms with van der Waals surface area (Å²) in [7, 11) is 0. The highest BCUT2D eigenvalue weighted by atomic mass is 16.2. The molecule has 7 nitrogen and oxygen atoms in total. The molecule has 0 unspecified atom stereocenters. The van der Waals surface area contributed by atoms with Crippen LogP contribution in [0.5, 0.6) is 0 Å². The standard InChI is InChI=1S/C36H37N5O2/c1-2-3-17-31-39-32-33(40(31)23-25-20-18-24(19-21-25)22-37-26-11-5-4-6-12-26)29-15-9-10-16-30(29)38-34(32)41-35(42)27-13-7-8-14-28(27)36(41)43/h7-10,13-16,18-21,26,37H,2-6,11-12,17,22-23H2,1H3. The summed E-state index contributed by atoms with van der Waals surface area (Å²) >= 11 is 0. The molecule has 2 amide bonds. The van der Waals surface area contributed by atoms with Gasteiger partial charge >= 0.3 is 0 Å². The number of aromatic nitrogens is 3. The van der Waals surface area contributed by atoms with E-state index in [1.807, 2.05) is 18.2 Å². The maximum absolute atomic E-state index is 13.6. The van der Waals surface area contributed by atoms with Crippen molar-refractivity contribution in [3.05, 3.63) is 101 Å². The molecule has 1 aliphatic heterocycles. The maximum atomic E-state index is 13.6. The van der Waals surface area contributed by atoms with Crippen LogP contribution in [0.2, 0.25) is 0 Å². The molecule has 3 heterocycles. The molecule has 5 aromatic rings. The molecule has 3 aromatic carbocycles. The van der Waals surface area contributed by atoms with Crippen molar-refractivity contribution in [2.75, 3.05) is 4.90 Å². The number of imide groups is 1. The molecular formula is C36H37N5O2. The van der Waals surface area contributed by atoms with E-state index < -0.39 is 0 Å². The smallest absolute Gasteiger partial charge is 0.267 e. The number of unbranched alkanes of at least 4 members (excludes halogenated alkanes) is 1. The van der Waals surface area contributed by atoms with Crippen molar-refractivity contribution >= 4 is 39.6 Å². The molecule has 0 spiro atoms. The van der Waals surface area contributed by atoms with Crippen LogP contribution >= 0.6 is 0 Å². The van der Waals surface area contributed by atoms with E-state index in [1.54, 1.807) is 24.3 Å². The van der Waals surface area contributed by atoms with Crippen LogP contribution in [0.3, 0.4) is 0 Å². The predicted octanol–water partition coefficient (Wildman–Crippen LogP) is 7.20. The number of nitrogens with zero attached hydrogens (tertiary/aromatic N) is 4. The molecule has 7 heteroatoms. The highest BCUT2D eigenvalue weighted by Gasteiger charge is 2.39. The molecule has 1 fully saturated rings. The lowest BCUT2D eigenvalue weighted by Gasteiger charge is -2.22. The third-order valence-corrected chi connectivity index (χ3v) is 8.97. The van der Waals surface area contributed by atoms with Crippen molar-refractivity contribution < 1.29 is 9.59 Å². The first-order valence-corrected chi connectivity index (χ1v) is 15.7. The Labute approximate surface area is 251 Å². The summed E-state index contributed by atoms with van der Waals surface area (Å²) in [6.07, 6.45) is 9.39. The molecule has 43 heavy (non-hydrogen) atoms. The van der Waals surface area contributed by atoms with Crippen LogP contribution in [0.25, 0.3) is 21.9 Å². The molecule has 2 aliphatic rings. The molecule has 1 saturated carbocycles. The van der Waals surface area contributed by atoms with Gasteiger partial charge in [0.1, 0.15) is 11.3 Å². The fourth-order valence-corrected chi connectivity index (χ4v) is 6.61. The van der Waals surface area contributed by atoms with E-state index in [0.29, 0.717) is 35.0 Å². The van der Waals surface area contributed by atoms with Gasteiger partial charge in [-0.25, -0.2) is 14.9 Å². The van der Waals surface area contributed by atoms with Crippen LogP contribution in [0.1, 0.15) is 89.5 Å². The molecule has 1 N–H and O–H groups in total. The Morgan fingerprint density at radius 1 is 0.814 bits per heavy atom. The lowest BCUT2D eigenvalue weighted by atomic mass is 9.95. The molecule has 7 rings (SSSR count). The highest BCUT2D eigenvalue weighted by Crippen LogP contribution is 2.36. The number of carbonyl (C=O) groups is 2. The molecule has 1 aliphatic carbocycles. The van der Waals surface area contributed by atoms with E-state index in [9.17, 15) is 9.59 Å². The number of pyridine rings is 1. The van der Waals surface area contributed by atoms with E-state index in [0.717, 1.165) is 48.1 Å². The number of amides is 2. The summed E-state index contributed by atoms with van der Waals surface area (Å²) in [6, 6.07) is 24.4. The fraction of sp³-hybridized carbons (Fsp3) is 0.333. The van der Waals surface area contributed by atoms with Crippen LogP contribution in [0.15, 0.2) is 72.8 Å². The van der Waals surface area contributed by atoms with Crippen molar-refractivity contribution in [1.29, 1.82) is 0 Å². The van der Waals surface area contributed by atoms with Gasteiger partial charge in [0, 0.05) is 30.9 Å². The number of hydrogen-bond donors (Lipinski definition) is 1. The predicted molar refractivity (Wildman–Crippen MR) is 170 cm³/mol. The number of fused-ring (bicyclic) bond motifs is 4. The Morgan fingerprint density at radius 3 is 2.21 bits per heavy atom. The summed E-state index contributed by atoms with van der Waals surface area (Å²) in [5.74, 6) is 0.537. The number of para-hydroxylation sites is 1. The molecule has 0 saturated heterocycles. The maximum Gasteiger partial charge on any atom is 0.267 e. The second-order valence-electron chi connectivity index (χ2n) is 11.9. The van der Waals surface area contributed by atoms with Crippen LogP contribution in [-0.2, 0) is 19.5 Å². The van der Waals surface area contributed by atoms with Gasteiger partial charge in [-0.2, -0.15) is 0 Å². The van der Waals surface area contributed by atoms with Crippen molar-refractivity contribution in [2.24, 2.45) is 0 Å². The highest BCUT2D eigenvalue weighted by molar-refractivity contribution is 6.35. The summed E-state index contributed by atoms with van der Waals surface area (Å²) in [5, 5.41) is 4.70. The van der Waals surface area contributed by atoms with Gasteiger partial charge in [0.15, 0.2) is 5.82 Å². The summed E-state index contributed by atoms with van der Waals surface area (Å²) in [6.45, 7) is 3.70. The fourth-order valence-electron chi connectivity index (χ4n) is 6.61. The zero-order valence-electron chi connectivity index (χ0n) is 24.7. The van der Waals surface area contributed by atoms with Gasteiger partial charge in [0.05, 0.1) is 22.2 Å². The van der Waals surface area contributed by atoms with Gasteiger partial charge < -0.3 is 9.88 Å². The van der Waals surface area contributed by atoms with E-state index in [4.69, 9.17) is 9.97 Å². The number of benzene rings is 3. The zero-order valence-corrected chi connectivity index (χ0v) is 24.7. The van der Waals surface area contributed by atoms with Gasteiger partial charge in [-0.1, -0.05) is 87.2 Å². The number of aryl methyl sites for hydroxylation is 1. The average Bonchev–Trinajstić information content (AvgIpc) is 3.54. The number of anilines is 1. The Hall–Kier alpha value is -4.36. The molecule has 2 aromatic heterocycles. The van der Waals surface area contributed by atoms with Gasteiger partial charge in [-0.15, -0.1) is 0 Å². The summed E-state index contributed by atoms with van der Waals surface area (Å²) in [4.78, 5) is 38.3. The van der Waals surface area contributed by atoms with E-state index in [2.05, 4.69) is 47.1 Å². The van der Waals surface area contributed by atoms with Crippen LogP contribution < -0.4 is 10.2 Å². The zero-order chi connectivity index (χ0) is 29.3. The van der Waals surface area contributed by atoms with Gasteiger partial charge in [0.25, 0.3) is 11.8 Å². The molecule has 0 bridgehead atoms. The minimum absolute atomic E-state index is 0.306. The topological polar surface area (TPSA) is 80.1 Å². The van der Waals surface area contributed by atoms with Gasteiger partial charge in [-0.3, -0.25) is 9.59 Å². The number of nitrogens with one attached hydrogen (secondary N) is 1. The molecule has 0 atom stereocenters. The Kier molecular flexibility index (Phi) is 7.49. The number of imidazole rings is 1. The minimum Gasteiger partial charge on any atom is -0.323 e. The third kappa shape index (κ3) is 5.12. The van der Waals surface area contributed by atoms with Gasteiger partial charge in [0.2, 0.25) is 0 Å². The van der Waals surface area contributed by atoms with Crippen molar-refractivity contribution in [3.8, 4) is 0 Å². The van der Waals surface area contributed by atoms with Crippen molar-refractivity contribution in [2.45, 2.75) is 77.4 Å². The first kappa shape index (κ1) is 27.5. The Morgan fingerprint density at radius 2 is 1.49 bits per heavy atom. The first-order chi connectivity index (χ1) is 21.1. The monoisotopic (exact) mass is 571 g/mol. The normalized spacial score (nSPS) is 15.6. The van der Waals surface area contributed by atoms with Crippen LogP contribution in [0.4, 0.5) is 5.82 Å². The van der Waals surface area contributed by atoms with E-state index in [1.165, 1.54) is 48.1 Å². The largest absolute Gasteiger partial charge is 0.323 e. The number of rotatable bonds is 9. The van der Waals surface area contributed by atoms with Crippen LogP contribution in [-0.4, -0.2) is 32.4 Å². The third-order valence-electron chi connectivity index (χ3n) is 8.97. The van der Waals surface area contributed by atoms with E-state index in [-0.39, 0.29) is 11.8 Å². The first-order valence-electron chi connectivity index (χ1n) is 15.7. The van der Waals surface area contributed by atoms with Gasteiger partial charge in [-0.05, 0) is 48.6 Å². The molecule has 218 valence electrons. The minimum atomic E-state index is -0.355. The quantitative estimate of drug-likeness (QED) is 0.189. The lowest BCUT2D eigenvalue weighted by molar-refractivity contribution is 0.0925. The molecular weight excluding hydrogens is 534 g/mol. The lowest BCUT2D eigenvalue weighted by Crippen LogP contribution is -2.30. The summed E-state index contributed by atoms with van der Waals surface area (Å²) in [5.41, 5.74) is 5.51. The van der Waals surface area contributed by atoms with Crippen molar-refractivity contribution in [1.82, 2.24) is 19.9 Å². The Bertz CT molecular complexity index is 1780. The average molecular weight is 572 g/mol. The number of hydrogen-bond acceptors (Lipinski definition) is 5. The SMILES string of the molecule is CCCCc1nc2c(N3C(=O)c4ccccc4C3=O)nc3ccccc3c2n1Cc1ccc(CNC2CCCCC2)cc1. The molecule has 0 radical (unpaired) electrons. The Balaban J connectivity index is 1.29. The number of carbonyl (C=O) groups excluding carboxylic acids is 2. The van der Waals surface area contributed by atoms with Crippen LogP contribution in [0, 0.1) is 0 Å².